The molecule has 2 atom stereocenters. The zero-order chi connectivity index (χ0) is 15.3. The van der Waals surface area contributed by atoms with Gasteiger partial charge in [0.2, 0.25) is 0 Å². The van der Waals surface area contributed by atoms with Crippen molar-refractivity contribution in [3.63, 3.8) is 0 Å². The van der Waals surface area contributed by atoms with Crippen molar-refractivity contribution in [2.75, 3.05) is 0 Å². The van der Waals surface area contributed by atoms with E-state index in [2.05, 4.69) is 0 Å². The summed E-state index contributed by atoms with van der Waals surface area (Å²) < 4.78 is 57.2. The Morgan fingerprint density at radius 3 is 2.71 bits per heavy atom. The second kappa shape index (κ2) is 4.73. The van der Waals surface area contributed by atoms with Gasteiger partial charge >= 0.3 is 6.18 Å². The number of fused-ring (bicyclic) bond motifs is 1. The molecular weight excluding hydrogens is 288 g/mol. The number of aliphatic hydroxyl groups is 1. The standard InChI is InChI=1S/C15H14F4O2/c16-11-3-4-12-9(6-11)7-13(21-12)14(20)5-1-2-10(8-14)15(17,18)19/h3-4,6-7,10,20H,1-2,5,8H2. The van der Waals surface area contributed by atoms with Gasteiger partial charge in [0.05, 0.1) is 5.92 Å². The Hall–Kier alpha value is -1.56. The first-order valence-electron chi connectivity index (χ1n) is 6.77. The monoisotopic (exact) mass is 302 g/mol. The minimum atomic E-state index is -4.33. The van der Waals surface area contributed by atoms with Crippen molar-refractivity contribution in [1.29, 1.82) is 0 Å². The van der Waals surface area contributed by atoms with Gasteiger partial charge in [0, 0.05) is 5.39 Å². The lowest BCUT2D eigenvalue weighted by Gasteiger charge is -2.36. The minimum absolute atomic E-state index is 0.0146. The number of alkyl halides is 3. The molecule has 0 bridgehead atoms. The average Bonchev–Trinajstić information content (AvgIpc) is 2.81. The Bertz CT molecular complexity index is 661. The van der Waals surface area contributed by atoms with Gasteiger partial charge in [0.15, 0.2) is 0 Å². The van der Waals surface area contributed by atoms with E-state index in [4.69, 9.17) is 4.42 Å². The Morgan fingerprint density at radius 1 is 1.24 bits per heavy atom. The van der Waals surface area contributed by atoms with Crippen molar-refractivity contribution < 1.29 is 27.1 Å². The molecule has 114 valence electrons. The third kappa shape index (κ3) is 2.64. The van der Waals surface area contributed by atoms with Crippen LogP contribution >= 0.6 is 0 Å². The maximum absolute atomic E-state index is 13.1. The van der Waals surface area contributed by atoms with Crippen molar-refractivity contribution >= 4 is 11.0 Å². The van der Waals surface area contributed by atoms with Gasteiger partial charge in [-0.05, 0) is 49.9 Å². The highest BCUT2D eigenvalue weighted by molar-refractivity contribution is 5.78. The quantitative estimate of drug-likeness (QED) is 0.786. The average molecular weight is 302 g/mol. The first-order chi connectivity index (χ1) is 9.78. The van der Waals surface area contributed by atoms with Gasteiger partial charge in [-0.15, -0.1) is 0 Å². The van der Waals surface area contributed by atoms with Gasteiger partial charge in [-0.1, -0.05) is 0 Å². The molecule has 1 aromatic carbocycles. The second-order valence-corrected chi connectivity index (χ2v) is 5.66. The molecule has 2 unspecified atom stereocenters. The lowest BCUT2D eigenvalue weighted by Crippen LogP contribution is -2.38. The van der Waals surface area contributed by atoms with Crippen molar-refractivity contribution in [2.45, 2.75) is 37.5 Å². The predicted molar refractivity (Wildman–Crippen MR) is 68.1 cm³/mol. The van der Waals surface area contributed by atoms with Crippen molar-refractivity contribution in [3.8, 4) is 0 Å². The summed E-state index contributed by atoms with van der Waals surface area (Å²) in [7, 11) is 0. The molecular formula is C15H14F4O2. The summed E-state index contributed by atoms with van der Waals surface area (Å²) in [4.78, 5) is 0. The van der Waals surface area contributed by atoms with Crippen LogP contribution in [0.25, 0.3) is 11.0 Å². The molecule has 2 aromatic rings. The van der Waals surface area contributed by atoms with Gasteiger partial charge in [-0.25, -0.2) is 4.39 Å². The lowest BCUT2D eigenvalue weighted by atomic mass is 9.76. The summed E-state index contributed by atoms with van der Waals surface area (Å²) in [6.45, 7) is 0. The number of rotatable bonds is 1. The molecule has 0 aliphatic heterocycles. The highest BCUT2D eigenvalue weighted by Gasteiger charge is 2.48. The Labute approximate surface area is 118 Å². The Balaban J connectivity index is 1.96. The van der Waals surface area contributed by atoms with Crippen LogP contribution in [0.1, 0.15) is 31.4 Å². The summed E-state index contributed by atoms with van der Waals surface area (Å²) in [5.74, 6) is -1.92. The Kier molecular flexibility index (Phi) is 3.24. The Morgan fingerprint density at radius 2 is 2.00 bits per heavy atom. The van der Waals surface area contributed by atoms with E-state index < -0.39 is 29.9 Å². The van der Waals surface area contributed by atoms with Crippen LogP contribution in [0.5, 0.6) is 0 Å². The molecule has 1 heterocycles. The summed E-state index contributed by atoms with van der Waals surface area (Å²) in [6.07, 6.45) is -4.25. The van der Waals surface area contributed by atoms with Gasteiger partial charge < -0.3 is 9.52 Å². The van der Waals surface area contributed by atoms with Gasteiger partial charge in [-0.3, -0.25) is 0 Å². The molecule has 1 aliphatic carbocycles. The molecule has 21 heavy (non-hydrogen) atoms. The normalized spacial score (nSPS) is 27.2. The summed E-state index contributed by atoms with van der Waals surface area (Å²) in [5.41, 5.74) is -1.29. The van der Waals surface area contributed by atoms with E-state index in [0.717, 1.165) is 0 Å². The maximum atomic E-state index is 13.1. The molecule has 1 N–H and O–H groups in total. The minimum Gasteiger partial charge on any atom is -0.458 e. The third-order valence-electron chi connectivity index (χ3n) is 4.13. The molecule has 1 saturated carbocycles. The molecule has 0 spiro atoms. The highest BCUT2D eigenvalue weighted by atomic mass is 19.4. The fourth-order valence-electron chi connectivity index (χ4n) is 3.00. The van der Waals surface area contributed by atoms with E-state index in [1.165, 1.54) is 24.3 Å². The molecule has 6 heteroatoms. The maximum Gasteiger partial charge on any atom is 0.391 e. The molecule has 3 rings (SSSR count). The molecule has 1 fully saturated rings. The fraction of sp³-hybridized carbons (Fsp3) is 0.467. The largest absolute Gasteiger partial charge is 0.458 e. The van der Waals surface area contributed by atoms with E-state index in [1.807, 2.05) is 0 Å². The number of hydrogen-bond donors (Lipinski definition) is 1. The first kappa shape index (κ1) is 14.4. The van der Waals surface area contributed by atoms with Gasteiger partial charge in [0.1, 0.15) is 22.8 Å². The zero-order valence-electron chi connectivity index (χ0n) is 11.1. The predicted octanol–water partition coefficient (Wildman–Crippen LogP) is 4.51. The van der Waals surface area contributed by atoms with Crippen LogP contribution in [0.3, 0.4) is 0 Å². The smallest absolute Gasteiger partial charge is 0.391 e. The molecule has 1 aliphatic rings. The van der Waals surface area contributed by atoms with Gasteiger partial charge in [-0.2, -0.15) is 13.2 Å². The first-order valence-corrected chi connectivity index (χ1v) is 6.77. The third-order valence-corrected chi connectivity index (χ3v) is 4.13. The fourth-order valence-corrected chi connectivity index (χ4v) is 3.00. The molecule has 0 amide bonds. The van der Waals surface area contributed by atoms with Crippen LogP contribution < -0.4 is 0 Å². The van der Waals surface area contributed by atoms with Crippen LogP contribution in [0.2, 0.25) is 0 Å². The number of hydrogen-bond acceptors (Lipinski definition) is 2. The zero-order valence-corrected chi connectivity index (χ0v) is 11.1. The van der Waals surface area contributed by atoms with Crippen molar-refractivity contribution in [1.82, 2.24) is 0 Å². The molecule has 0 radical (unpaired) electrons. The SMILES string of the molecule is OC1(c2cc3cc(F)ccc3o2)CCCC(C(F)(F)F)C1. The van der Waals surface area contributed by atoms with Crippen LogP contribution in [-0.2, 0) is 5.60 Å². The highest BCUT2D eigenvalue weighted by Crippen LogP contribution is 2.47. The molecule has 2 nitrogen and oxygen atoms in total. The van der Waals surface area contributed by atoms with E-state index >= 15 is 0 Å². The lowest BCUT2D eigenvalue weighted by molar-refractivity contribution is -0.203. The van der Waals surface area contributed by atoms with Gasteiger partial charge in [0.25, 0.3) is 0 Å². The van der Waals surface area contributed by atoms with Crippen LogP contribution in [0.4, 0.5) is 17.6 Å². The number of benzene rings is 1. The summed E-state index contributed by atoms with van der Waals surface area (Å²) in [5, 5.41) is 11.0. The van der Waals surface area contributed by atoms with Crippen LogP contribution in [0, 0.1) is 11.7 Å². The summed E-state index contributed by atoms with van der Waals surface area (Å²) in [6, 6.07) is 5.27. The number of furan rings is 1. The summed E-state index contributed by atoms with van der Waals surface area (Å²) >= 11 is 0. The topological polar surface area (TPSA) is 33.4 Å². The van der Waals surface area contributed by atoms with E-state index in [1.54, 1.807) is 0 Å². The molecule has 1 aromatic heterocycles. The van der Waals surface area contributed by atoms with E-state index in [9.17, 15) is 22.7 Å². The van der Waals surface area contributed by atoms with Crippen molar-refractivity contribution in [3.05, 3.63) is 35.8 Å². The van der Waals surface area contributed by atoms with Crippen LogP contribution in [0.15, 0.2) is 28.7 Å². The number of halogens is 4. The van der Waals surface area contributed by atoms with Crippen molar-refractivity contribution in [2.24, 2.45) is 5.92 Å². The second-order valence-electron chi connectivity index (χ2n) is 5.66. The van der Waals surface area contributed by atoms with E-state index in [0.29, 0.717) is 11.0 Å². The molecule has 0 saturated heterocycles. The van der Waals surface area contributed by atoms with Crippen LogP contribution in [-0.4, -0.2) is 11.3 Å². The van der Waals surface area contributed by atoms with E-state index in [-0.39, 0.29) is 25.0 Å².